The smallest absolute Gasteiger partial charge is 0.0412 e. The molecule has 3 heteroatoms. The van der Waals surface area contributed by atoms with Crippen molar-refractivity contribution in [1.29, 1.82) is 0 Å². The van der Waals surface area contributed by atoms with Crippen LogP contribution in [0.1, 0.15) is 46.1 Å². The first-order valence-electron chi connectivity index (χ1n) is 7.64. The van der Waals surface area contributed by atoms with E-state index in [1.54, 1.807) is 0 Å². The van der Waals surface area contributed by atoms with Crippen molar-refractivity contribution in [2.75, 3.05) is 18.0 Å². The fraction of sp³-hybridized carbons (Fsp3) is 0.647. The first kappa shape index (κ1) is 15.8. The molecule has 0 saturated carbocycles. The van der Waals surface area contributed by atoms with E-state index in [0.717, 1.165) is 17.6 Å². The molecule has 0 aliphatic carbocycles. The lowest BCUT2D eigenvalue weighted by Gasteiger charge is -2.40. The van der Waals surface area contributed by atoms with E-state index >= 15 is 0 Å². The van der Waals surface area contributed by atoms with Gasteiger partial charge in [0.15, 0.2) is 0 Å². The van der Waals surface area contributed by atoms with Gasteiger partial charge in [-0.1, -0.05) is 43.6 Å². The third kappa shape index (κ3) is 4.23. The van der Waals surface area contributed by atoms with Gasteiger partial charge in [0.1, 0.15) is 0 Å². The van der Waals surface area contributed by atoms with Gasteiger partial charge >= 0.3 is 0 Å². The Hall–Kier alpha value is -0.540. The number of hydrogen-bond donors (Lipinski definition) is 1. The van der Waals surface area contributed by atoms with Crippen LogP contribution in [-0.2, 0) is 6.54 Å². The van der Waals surface area contributed by atoms with Crippen molar-refractivity contribution in [3.8, 4) is 0 Å². The molecule has 112 valence electrons. The van der Waals surface area contributed by atoms with Gasteiger partial charge < -0.3 is 10.2 Å². The number of nitrogens with one attached hydrogen (secondary N) is 1. The maximum Gasteiger partial charge on any atom is 0.0412 e. The van der Waals surface area contributed by atoms with E-state index in [1.807, 2.05) is 0 Å². The molecule has 0 atom stereocenters. The highest BCUT2D eigenvalue weighted by atomic mass is 79.9. The Morgan fingerprint density at radius 2 is 2.10 bits per heavy atom. The van der Waals surface area contributed by atoms with Crippen molar-refractivity contribution in [3.63, 3.8) is 0 Å². The van der Waals surface area contributed by atoms with E-state index in [9.17, 15) is 0 Å². The summed E-state index contributed by atoms with van der Waals surface area (Å²) < 4.78 is 1.16. The molecular weight excluding hydrogens is 312 g/mol. The second kappa shape index (κ2) is 6.48. The Kier molecular flexibility index (Phi) is 5.14. The van der Waals surface area contributed by atoms with Gasteiger partial charge in [-0.05, 0) is 42.0 Å². The summed E-state index contributed by atoms with van der Waals surface area (Å²) in [5, 5.41) is 3.54. The fourth-order valence-corrected chi connectivity index (χ4v) is 3.36. The molecule has 0 spiro atoms. The zero-order valence-corrected chi connectivity index (χ0v) is 14.8. The molecule has 1 aliphatic heterocycles. The number of benzene rings is 1. The van der Waals surface area contributed by atoms with Gasteiger partial charge in [0.25, 0.3) is 0 Å². The highest BCUT2D eigenvalue weighted by Crippen LogP contribution is 2.34. The minimum absolute atomic E-state index is 0.425. The van der Waals surface area contributed by atoms with Crippen LogP contribution in [0, 0.1) is 5.41 Å². The molecule has 2 rings (SSSR count). The van der Waals surface area contributed by atoms with Crippen molar-refractivity contribution in [2.24, 2.45) is 5.41 Å². The zero-order chi connectivity index (χ0) is 14.8. The fourth-order valence-electron chi connectivity index (χ4n) is 2.95. The summed E-state index contributed by atoms with van der Waals surface area (Å²) in [5.41, 5.74) is 3.22. The van der Waals surface area contributed by atoms with Gasteiger partial charge in [-0.2, -0.15) is 0 Å². The lowest BCUT2D eigenvalue weighted by atomic mass is 9.84. The molecular formula is C17H27BrN2. The van der Waals surface area contributed by atoms with Crippen LogP contribution in [0.5, 0.6) is 0 Å². The molecule has 1 fully saturated rings. The van der Waals surface area contributed by atoms with Crippen LogP contribution in [0.4, 0.5) is 5.69 Å². The third-order valence-electron chi connectivity index (χ3n) is 3.98. The van der Waals surface area contributed by atoms with Gasteiger partial charge in [-0.15, -0.1) is 0 Å². The normalized spacial score (nSPS) is 18.6. The molecule has 1 aliphatic rings. The number of anilines is 1. The van der Waals surface area contributed by atoms with E-state index in [4.69, 9.17) is 0 Å². The first-order valence-corrected chi connectivity index (χ1v) is 8.43. The van der Waals surface area contributed by atoms with Crippen molar-refractivity contribution in [2.45, 2.75) is 53.1 Å². The Morgan fingerprint density at radius 3 is 2.75 bits per heavy atom. The van der Waals surface area contributed by atoms with E-state index in [-0.39, 0.29) is 0 Å². The van der Waals surface area contributed by atoms with Gasteiger partial charge in [0.05, 0.1) is 0 Å². The van der Waals surface area contributed by atoms with Gasteiger partial charge in [0.2, 0.25) is 0 Å². The lowest BCUT2D eigenvalue weighted by molar-refractivity contribution is 0.293. The first-order chi connectivity index (χ1) is 9.37. The Labute approximate surface area is 132 Å². The standard InChI is InChI=1S/C17H27BrN2/c1-13(2)19-11-14-10-15(18)6-7-16(14)20-9-5-8-17(3,4)12-20/h6-7,10,13,19H,5,8-9,11-12H2,1-4H3. The zero-order valence-electron chi connectivity index (χ0n) is 13.2. The van der Waals surface area contributed by atoms with Crippen molar-refractivity contribution < 1.29 is 0 Å². The second-order valence-corrected chi connectivity index (χ2v) is 7.91. The van der Waals surface area contributed by atoms with Crippen molar-refractivity contribution >= 4 is 21.6 Å². The third-order valence-corrected chi connectivity index (χ3v) is 4.48. The topological polar surface area (TPSA) is 15.3 Å². The maximum absolute atomic E-state index is 3.60. The predicted octanol–water partition coefficient (Wildman–Crippen LogP) is 4.57. The molecule has 0 aromatic heterocycles. The van der Waals surface area contributed by atoms with Crippen molar-refractivity contribution in [1.82, 2.24) is 5.32 Å². The van der Waals surface area contributed by atoms with Crippen LogP contribution in [0.3, 0.4) is 0 Å². The monoisotopic (exact) mass is 338 g/mol. The molecule has 0 unspecified atom stereocenters. The molecule has 1 heterocycles. The average Bonchev–Trinajstić information content (AvgIpc) is 2.35. The summed E-state index contributed by atoms with van der Waals surface area (Å²) in [6, 6.07) is 7.20. The summed E-state index contributed by atoms with van der Waals surface area (Å²) in [6.45, 7) is 12.4. The lowest BCUT2D eigenvalue weighted by Crippen LogP contribution is -2.40. The second-order valence-electron chi connectivity index (χ2n) is 7.00. The van der Waals surface area contributed by atoms with E-state index < -0.39 is 0 Å². The predicted molar refractivity (Wildman–Crippen MR) is 91.3 cm³/mol. The van der Waals surface area contributed by atoms with E-state index in [1.165, 1.54) is 30.6 Å². The largest absolute Gasteiger partial charge is 0.371 e. The van der Waals surface area contributed by atoms with E-state index in [0.29, 0.717) is 11.5 Å². The minimum atomic E-state index is 0.425. The summed E-state index contributed by atoms with van der Waals surface area (Å²) in [6.07, 6.45) is 2.62. The summed E-state index contributed by atoms with van der Waals surface area (Å²) in [4.78, 5) is 2.56. The van der Waals surface area contributed by atoms with Gasteiger partial charge in [0, 0.05) is 35.8 Å². The van der Waals surface area contributed by atoms with Crippen molar-refractivity contribution in [3.05, 3.63) is 28.2 Å². The molecule has 1 N–H and O–H groups in total. The summed E-state index contributed by atoms with van der Waals surface area (Å²) in [7, 11) is 0. The van der Waals surface area contributed by atoms with Crippen LogP contribution < -0.4 is 10.2 Å². The number of rotatable bonds is 4. The van der Waals surface area contributed by atoms with Crippen LogP contribution in [0.2, 0.25) is 0 Å². The molecule has 2 nitrogen and oxygen atoms in total. The number of hydrogen-bond acceptors (Lipinski definition) is 2. The maximum atomic E-state index is 3.60. The highest BCUT2D eigenvalue weighted by Gasteiger charge is 2.27. The molecule has 1 aromatic carbocycles. The molecule has 20 heavy (non-hydrogen) atoms. The van der Waals surface area contributed by atoms with Crippen LogP contribution in [0.25, 0.3) is 0 Å². The summed E-state index contributed by atoms with van der Waals surface area (Å²) >= 11 is 3.60. The molecule has 0 bridgehead atoms. The summed E-state index contributed by atoms with van der Waals surface area (Å²) in [5.74, 6) is 0. The van der Waals surface area contributed by atoms with E-state index in [2.05, 4.69) is 72.0 Å². The Balaban J connectivity index is 2.21. The highest BCUT2D eigenvalue weighted by molar-refractivity contribution is 9.10. The Bertz CT molecular complexity index is 454. The van der Waals surface area contributed by atoms with Gasteiger partial charge in [-0.3, -0.25) is 0 Å². The quantitative estimate of drug-likeness (QED) is 0.864. The molecule has 0 radical (unpaired) electrons. The number of piperidine rings is 1. The molecule has 1 saturated heterocycles. The van der Waals surface area contributed by atoms with Crippen LogP contribution in [0.15, 0.2) is 22.7 Å². The molecule has 1 aromatic rings. The SMILES string of the molecule is CC(C)NCc1cc(Br)ccc1N1CCCC(C)(C)C1. The number of nitrogens with zero attached hydrogens (tertiary/aromatic N) is 1. The van der Waals surface area contributed by atoms with Crippen LogP contribution >= 0.6 is 15.9 Å². The minimum Gasteiger partial charge on any atom is -0.371 e. The number of halogens is 1. The Morgan fingerprint density at radius 1 is 1.35 bits per heavy atom. The van der Waals surface area contributed by atoms with Crippen LogP contribution in [-0.4, -0.2) is 19.1 Å². The van der Waals surface area contributed by atoms with Gasteiger partial charge in [-0.25, -0.2) is 0 Å². The average molecular weight is 339 g/mol. The molecule has 0 amide bonds.